The fourth-order valence-corrected chi connectivity index (χ4v) is 3.42. The largest absolute Gasteiger partial charge is 0.318 e. The molecule has 0 radical (unpaired) electrons. The van der Waals surface area contributed by atoms with Gasteiger partial charge in [-0.15, -0.1) is 0 Å². The van der Waals surface area contributed by atoms with Crippen LogP contribution in [0.1, 0.15) is 57.8 Å². The molecular formula is C18H28N2O. The fraction of sp³-hybridized carbons (Fsp3) is 0.611. The second-order valence-corrected chi connectivity index (χ2v) is 6.35. The molecule has 116 valence electrons. The van der Waals surface area contributed by atoms with E-state index in [0.29, 0.717) is 5.92 Å². The molecule has 1 N–H and O–H groups in total. The van der Waals surface area contributed by atoms with E-state index in [9.17, 15) is 4.79 Å². The zero-order valence-electron chi connectivity index (χ0n) is 13.9. The molecule has 1 heterocycles. The fourth-order valence-electron chi connectivity index (χ4n) is 3.42. The second kappa shape index (κ2) is 6.61. The van der Waals surface area contributed by atoms with Crippen molar-refractivity contribution in [1.29, 1.82) is 0 Å². The van der Waals surface area contributed by atoms with E-state index in [0.717, 1.165) is 12.8 Å². The Kier molecular flexibility index (Phi) is 5.04. The van der Waals surface area contributed by atoms with E-state index in [1.54, 1.807) is 0 Å². The highest BCUT2D eigenvalue weighted by molar-refractivity contribution is 5.85. The van der Waals surface area contributed by atoms with Crippen LogP contribution >= 0.6 is 0 Å². The molecular weight excluding hydrogens is 260 g/mol. The average Bonchev–Trinajstić information content (AvgIpc) is 2.77. The van der Waals surface area contributed by atoms with E-state index in [4.69, 9.17) is 0 Å². The van der Waals surface area contributed by atoms with Crippen LogP contribution in [-0.4, -0.2) is 22.9 Å². The van der Waals surface area contributed by atoms with Crippen molar-refractivity contribution in [2.45, 2.75) is 65.7 Å². The molecule has 3 atom stereocenters. The summed E-state index contributed by atoms with van der Waals surface area (Å²) < 4.78 is 0. The SMILES string of the molecule is CCC1NC(c2ccccc2C)N(C(CC)C(C)C)C1=O. The van der Waals surface area contributed by atoms with Crippen LogP contribution in [0.3, 0.4) is 0 Å². The average molecular weight is 288 g/mol. The number of amides is 1. The molecule has 3 nitrogen and oxygen atoms in total. The van der Waals surface area contributed by atoms with Crippen molar-refractivity contribution in [3.05, 3.63) is 35.4 Å². The smallest absolute Gasteiger partial charge is 0.241 e. The first-order valence-corrected chi connectivity index (χ1v) is 8.14. The van der Waals surface area contributed by atoms with Gasteiger partial charge in [0.25, 0.3) is 0 Å². The quantitative estimate of drug-likeness (QED) is 0.897. The standard InChI is InChI=1S/C18H28N2O/c1-6-15-18(21)20(16(7-2)12(3)4)17(19-15)14-11-9-8-10-13(14)5/h8-12,15-17,19H,6-7H2,1-5H3. The molecule has 21 heavy (non-hydrogen) atoms. The summed E-state index contributed by atoms with van der Waals surface area (Å²) in [6, 6.07) is 8.60. The van der Waals surface area contributed by atoms with Crippen LogP contribution in [0.4, 0.5) is 0 Å². The Balaban J connectivity index is 2.42. The van der Waals surface area contributed by atoms with Gasteiger partial charge in [0, 0.05) is 6.04 Å². The van der Waals surface area contributed by atoms with Crippen LogP contribution in [0.15, 0.2) is 24.3 Å². The van der Waals surface area contributed by atoms with Crippen molar-refractivity contribution >= 4 is 5.91 Å². The normalized spacial score (nSPS) is 23.9. The van der Waals surface area contributed by atoms with Crippen LogP contribution < -0.4 is 5.32 Å². The van der Waals surface area contributed by atoms with Gasteiger partial charge in [-0.25, -0.2) is 0 Å². The van der Waals surface area contributed by atoms with Gasteiger partial charge in [-0.1, -0.05) is 52.0 Å². The zero-order valence-corrected chi connectivity index (χ0v) is 13.9. The highest BCUT2D eigenvalue weighted by Crippen LogP contribution is 2.33. The van der Waals surface area contributed by atoms with E-state index in [1.807, 2.05) is 0 Å². The van der Waals surface area contributed by atoms with Crippen molar-refractivity contribution in [3.8, 4) is 0 Å². The zero-order chi connectivity index (χ0) is 15.6. The first kappa shape index (κ1) is 16.0. The van der Waals surface area contributed by atoms with Crippen LogP contribution in [-0.2, 0) is 4.79 Å². The lowest BCUT2D eigenvalue weighted by Gasteiger charge is -2.35. The minimum absolute atomic E-state index is 0.0102. The lowest BCUT2D eigenvalue weighted by molar-refractivity contribution is -0.133. The molecule has 1 aromatic carbocycles. The summed E-state index contributed by atoms with van der Waals surface area (Å²) in [5.41, 5.74) is 2.46. The summed E-state index contributed by atoms with van der Waals surface area (Å²) in [7, 11) is 0. The number of carbonyl (C=O) groups excluding carboxylic acids is 1. The molecule has 0 bridgehead atoms. The van der Waals surface area contributed by atoms with Gasteiger partial charge in [0.15, 0.2) is 0 Å². The summed E-state index contributed by atoms with van der Waals surface area (Å²) in [6.07, 6.45) is 1.84. The lowest BCUT2D eigenvalue weighted by Crippen LogP contribution is -2.43. The van der Waals surface area contributed by atoms with Gasteiger partial charge in [-0.3, -0.25) is 10.1 Å². The van der Waals surface area contributed by atoms with Crippen molar-refractivity contribution in [3.63, 3.8) is 0 Å². The molecule has 0 saturated carbocycles. The monoisotopic (exact) mass is 288 g/mol. The Labute approximate surface area is 128 Å². The number of rotatable bonds is 5. The molecule has 1 aromatic rings. The molecule has 1 fully saturated rings. The molecule has 1 saturated heterocycles. The third-order valence-corrected chi connectivity index (χ3v) is 4.63. The Morgan fingerprint density at radius 3 is 2.43 bits per heavy atom. The molecule has 3 unspecified atom stereocenters. The number of hydrogen-bond acceptors (Lipinski definition) is 2. The molecule has 3 heteroatoms. The van der Waals surface area contributed by atoms with Gasteiger partial charge < -0.3 is 4.90 Å². The van der Waals surface area contributed by atoms with E-state index in [2.05, 4.69) is 69.1 Å². The molecule has 1 aliphatic rings. The molecule has 2 rings (SSSR count). The Bertz CT molecular complexity index is 498. The van der Waals surface area contributed by atoms with E-state index in [1.165, 1.54) is 11.1 Å². The van der Waals surface area contributed by atoms with Gasteiger partial charge in [0.05, 0.1) is 6.04 Å². The molecule has 0 aromatic heterocycles. The third-order valence-electron chi connectivity index (χ3n) is 4.63. The van der Waals surface area contributed by atoms with E-state index >= 15 is 0 Å². The van der Waals surface area contributed by atoms with Crippen LogP contribution in [0.2, 0.25) is 0 Å². The highest BCUT2D eigenvalue weighted by Gasteiger charge is 2.42. The van der Waals surface area contributed by atoms with Crippen molar-refractivity contribution in [2.75, 3.05) is 0 Å². The Morgan fingerprint density at radius 1 is 1.24 bits per heavy atom. The second-order valence-electron chi connectivity index (χ2n) is 6.35. The van der Waals surface area contributed by atoms with Crippen LogP contribution in [0.25, 0.3) is 0 Å². The molecule has 0 spiro atoms. The summed E-state index contributed by atoms with van der Waals surface area (Å²) in [5, 5.41) is 3.54. The number of aryl methyl sites for hydroxylation is 1. The van der Waals surface area contributed by atoms with E-state index in [-0.39, 0.29) is 24.2 Å². The number of nitrogens with zero attached hydrogens (tertiary/aromatic N) is 1. The van der Waals surface area contributed by atoms with Gasteiger partial charge in [0.2, 0.25) is 5.91 Å². The van der Waals surface area contributed by atoms with Crippen molar-refractivity contribution in [1.82, 2.24) is 10.2 Å². The summed E-state index contributed by atoms with van der Waals surface area (Å²) >= 11 is 0. The van der Waals surface area contributed by atoms with Crippen molar-refractivity contribution < 1.29 is 4.79 Å². The number of benzene rings is 1. The van der Waals surface area contributed by atoms with Crippen LogP contribution in [0, 0.1) is 12.8 Å². The van der Waals surface area contributed by atoms with Gasteiger partial charge in [-0.05, 0) is 36.8 Å². The number of nitrogens with one attached hydrogen (secondary N) is 1. The topological polar surface area (TPSA) is 32.3 Å². The van der Waals surface area contributed by atoms with Crippen LogP contribution in [0.5, 0.6) is 0 Å². The highest BCUT2D eigenvalue weighted by atomic mass is 16.2. The van der Waals surface area contributed by atoms with Gasteiger partial charge in [0.1, 0.15) is 6.17 Å². The summed E-state index contributed by atoms with van der Waals surface area (Å²) in [5.74, 6) is 0.717. The maximum Gasteiger partial charge on any atom is 0.241 e. The first-order chi connectivity index (χ1) is 10.0. The van der Waals surface area contributed by atoms with Gasteiger partial charge in [-0.2, -0.15) is 0 Å². The summed E-state index contributed by atoms with van der Waals surface area (Å²) in [4.78, 5) is 14.9. The summed E-state index contributed by atoms with van der Waals surface area (Å²) in [6.45, 7) is 10.8. The number of carbonyl (C=O) groups is 1. The first-order valence-electron chi connectivity index (χ1n) is 8.14. The Morgan fingerprint density at radius 2 is 1.90 bits per heavy atom. The van der Waals surface area contributed by atoms with E-state index < -0.39 is 0 Å². The van der Waals surface area contributed by atoms with Gasteiger partial charge >= 0.3 is 0 Å². The predicted molar refractivity (Wildman–Crippen MR) is 86.9 cm³/mol. The predicted octanol–water partition coefficient (Wildman–Crippen LogP) is 3.64. The maximum atomic E-state index is 12.8. The van der Waals surface area contributed by atoms with Crippen molar-refractivity contribution in [2.24, 2.45) is 5.92 Å². The third kappa shape index (κ3) is 2.98. The maximum absolute atomic E-state index is 12.8. The lowest BCUT2D eigenvalue weighted by atomic mass is 9.97. The minimum Gasteiger partial charge on any atom is -0.318 e. The minimum atomic E-state index is -0.0533. The molecule has 1 aliphatic heterocycles. The molecule has 1 amide bonds. The number of hydrogen-bond donors (Lipinski definition) is 1. The Hall–Kier alpha value is -1.35. The molecule has 0 aliphatic carbocycles.